The summed E-state index contributed by atoms with van der Waals surface area (Å²) < 4.78 is 7.06. The molecule has 0 aliphatic carbocycles. The summed E-state index contributed by atoms with van der Waals surface area (Å²) in [5, 5.41) is 2.52. The van der Waals surface area contributed by atoms with Gasteiger partial charge in [0, 0.05) is 0 Å². The van der Waals surface area contributed by atoms with Crippen molar-refractivity contribution in [2.75, 3.05) is 0 Å². The van der Waals surface area contributed by atoms with Gasteiger partial charge in [-0.3, -0.25) is 0 Å². The van der Waals surface area contributed by atoms with Crippen LogP contribution in [0, 0.1) is 3.57 Å². The van der Waals surface area contributed by atoms with Crippen LogP contribution in [-0.4, -0.2) is 0 Å². The van der Waals surface area contributed by atoms with Gasteiger partial charge in [0.2, 0.25) is 0 Å². The molecule has 0 bridgehead atoms. The molecule has 0 fully saturated rings. The molecule has 94 valence electrons. The Labute approximate surface area is 126 Å². The van der Waals surface area contributed by atoms with Gasteiger partial charge in [-0.2, -0.15) is 0 Å². The van der Waals surface area contributed by atoms with E-state index in [0.717, 1.165) is 9.32 Å². The SMILES string of the molecule is Ic1ccccc1OCc1cccc2ccccc12. The fourth-order valence-electron chi connectivity index (χ4n) is 2.14. The molecule has 3 aromatic rings. The maximum absolute atomic E-state index is 5.92. The average molecular weight is 360 g/mol. The standard InChI is InChI=1S/C17H13IO/c18-16-10-3-4-11-17(16)19-12-14-8-5-7-13-6-1-2-9-15(13)14/h1-11H,12H2. The van der Waals surface area contributed by atoms with Crippen LogP contribution >= 0.6 is 22.6 Å². The minimum Gasteiger partial charge on any atom is -0.488 e. The van der Waals surface area contributed by atoms with E-state index in [9.17, 15) is 0 Å². The van der Waals surface area contributed by atoms with E-state index in [-0.39, 0.29) is 0 Å². The monoisotopic (exact) mass is 360 g/mol. The van der Waals surface area contributed by atoms with Crippen LogP contribution < -0.4 is 4.74 Å². The molecule has 1 nitrogen and oxygen atoms in total. The highest BCUT2D eigenvalue weighted by Gasteiger charge is 2.03. The Bertz CT molecular complexity index is 701. The van der Waals surface area contributed by atoms with E-state index in [0.29, 0.717) is 6.61 Å². The van der Waals surface area contributed by atoms with E-state index in [1.807, 2.05) is 18.2 Å². The maximum Gasteiger partial charge on any atom is 0.133 e. The van der Waals surface area contributed by atoms with Gasteiger partial charge in [0.1, 0.15) is 12.4 Å². The summed E-state index contributed by atoms with van der Waals surface area (Å²) in [6, 6.07) is 22.8. The molecule has 19 heavy (non-hydrogen) atoms. The zero-order valence-corrected chi connectivity index (χ0v) is 12.5. The van der Waals surface area contributed by atoms with Gasteiger partial charge in [0.15, 0.2) is 0 Å². The number of ether oxygens (including phenoxy) is 1. The second kappa shape index (κ2) is 5.61. The Morgan fingerprint density at radius 3 is 2.42 bits per heavy atom. The minimum absolute atomic E-state index is 0.599. The van der Waals surface area contributed by atoms with Gasteiger partial charge < -0.3 is 4.74 Å². The van der Waals surface area contributed by atoms with Crippen molar-refractivity contribution >= 4 is 33.4 Å². The van der Waals surface area contributed by atoms with E-state index in [2.05, 4.69) is 71.1 Å². The summed E-state index contributed by atoms with van der Waals surface area (Å²) in [7, 11) is 0. The summed E-state index contributed by atoms with van der Waals surface area (Å²) in [5.74, 6) is 0.941. The Kier molecular flexibility index (Phi) is 3.69. The zero-order chi connectivity index (χ0) is 13.1. The number of benzene rings is 3. The van der Waals surface area contributed by atoms with Gasteiger partial charge in [-0.05, 0) is 51.1 Å². The van der Waals surface area contributed by atoms with Crippen LogP contribution in [0.25, 0.3) is 10.8 Å². The summed E-state index contributed by atoms with van der Waals surface area (Å²) in [4.78, 5) is 0. The molecule has 2 heteroatoms. The Morgan fingerprint density at radius 2 is 1.53 bits per heavy atom. The largest absolute Gasteiger partial charge is 0.488 e. The second-order valence-corrected chi connectivity index (χ2v) is 5.52. The van der Waals surface area contributed by atoms with Crippen molar-refractivity contribution in [2.45, 2.75) is 6.61 Å². The molecule has 0 spiro atoms. The lowest BCUT2D eigenvalue weighted by Gasteiger charge is -2.10. The molecule has 0 saturated heterocycles. The minimum atomic E-state index is 0.599. The number of hydrogen-bond donors (Lipinski definition) is 0. The predicted octanol–water partition coefficient (Wildman–Crippen LogP) is 5.02. The van der Waals surface area contributed by atoms with Gasteiger partial charge in [0.05, 0.1) is 3.57 Å². The molecule has 0 heterocycles. The van der Waals surface area contributed by atoms with Crippen LogP contribution in [-0.2, 0) is 6.61 Å². The molecule has 0 saturated carbocycles. The molecule has 0 aromatic heterocycles. The third-order valence-corrected chi connectivity index (χ3v) is 3.99. The Morgan fingerprint density at radius 1 is 0.789 bits per heavy atom. The lowest BCUT2D eigenvalue weighted by molar-refractivity contribution is 0.305. The smallest absolute Gasteiger partial charge is 0.133 e. The summed E-state index contributed by atoms with van der Waals surface area (Å²) in [6.45, 7) is 0.599. The van der Waals surface area contributed by atoms with Crippen LogP contribution in [0.5, 0.6) is 5.75 Å². The van der Waals surface area contributed by atoms with Crippen molar-refractivity contribution in [2.24, 2.45) is 0 Å². The Balaban J connectivity index is 1.88. The number of halogens is 1. The average Bonchev–Trinajstić information content (AvgIpc) is 2.46. The summed E-state index contributed by atoms with van der Waals surface area (Å²) >= 11 is 2.30. The van der Waals surface area contributed by atoms with E-state index in [4.69, 9.17) is 4.74 Å². The predicted molar refractivity (Wildman–Crippen MR) is 87.4 cm³/mol. The molecular weight excluding hydrogens is 347 g/mol. The highest BCUT2D eigenvalue weighted by atomic mass is 127. The van der Waals surface area contributed by atoms with Crippen LogP contribution in [0.2, 0.25) is 0 Å². The van der Waals surface area contributed by atoms with Crippen molar-refractivity contribution in [3.05, 3.63) is 75.9 Å². The third kappa shape index (κ3) is 2.73. The van der Waals surface area contributed by atoms with Crippen molar-refractivity contribution < 1.29 is 4.74 Å². The molecule has 0 amide bonds. The van der Waals surface area contributed by atoms with Gasteiger partial charge in [0.25, 0.3) is 0 Å². The van der Waals surface area contributed by atoms with Crippen molar-refractivity contribution in [1.82, 2.24) is 0 Å². The first kappa shape index (κ1) is 12.5. The first-order valence-electron chi connectivity index (χ1n) is 6.18. The molecule has 3 aromatic carbocycles. The van der Waals surface area contributed by atoms with Crippen molar-refractivity contribution in [3.8, 4) is 5.75 Å². The van der Waals surface area contributed by atoms with E-state index in [1.54, 1.807) is 0 Å². The fraction of sp³-hybridized carbons (Fsp3) is 0.0588. The molecule has 0 aliphatic heterocycles. The molecular formula is C17H13IO. The fourth-order valence-corrected chi connectivity index (χ4v) is 2.68. The number of fused-ring (bicyclic) bond motifs is 1. The van der Waals surface area contributed by atoms with Gasteiger partial charge in [-0.25, -0.2) is 0 Å². The van der Waals surface area contributed by atoms with Crippen LogP contribution in [0.15, 0.2) is 66.7 Å². The Hall–Kier alpha value is -1.55. The number of hydrogen-bond acceptors (Lipinski definition) is 1. The van der Waals surface area contributed by atoms with Crippen LogP contribution in [0.4, 0.5) is 0 Å². The first-order chi connectivity index (χ1) is 9.34. The summed E-state index contributed by atoms with van der Waals surface area (Å²) in [5.41, 5.74) is 1.22. The summed E-state index contributed by atoms with van der Waals surface area (Å²) in [6.07, 6.45) is 0. The zero-order valence-electron chi connectivity index (χ0n) is 10.3. The van der Waals surface area contributed by atoms with E-state index in [1.165, 1.54) is 16.3 Å². The number of rotatable bonds is 3. The van der Waals surface area contributed by atoms with Crippen molar-refractivity contribution in [3.63, 3.8) is 0 Å². The normalized spacial score (nSPS) is 10.6. The molecule has 0 unspecified atom stereocenters. The van der Waals surface area contributed by atoms with Gasteiger partial charge in [-0.15, -0.1) is 0 Å². The quantitative estimate of drug-likeness (QED) is 0.596. The highest BCUT2D eigenvalue weighted by Crippen LogP contribution is 2.23. The third-order valence-electron chi connectivity index (χ3n) is 3.10. The molecule has 3 rings (SSSR count). The van der Waals surface area contributed by atoms with Gasteiger partial charge in [-0.1, -0.05) is 54.6 Å². The lowest BCUT2D eigenvalue weighted by atomic mass is 10.1. The van der Waals surface area contributed by atoms with Crippen molar-refractivity contribution in [1.29, 1.82) is 0 Å². The molecule has 0 aliphatic rings. The highest BCUT2D eigenvalue weighted by molar-refractivity contribution is 14.1. The van der Waals surface area contributed by atoms with Gasteiger partial charge >= 0.3 is 0 Å². The van der Waals surface area contributed by atoms with E-state index < -0.39 is 0 Å². The lowest BCUT2D eigenvalue weighted by Crippen LogP contribution is -1.97. The van der Waals surface area contributed by atoms with Crippen LogP contribution in [0.1, 0.15) is 5.56 Å². The van der Waals surface area contributed by atoms with Crippen LogP contribution in [0.3, 0.4) is 0 Å². The second-order valence-electron chi connectivity index (χ2n) is 4.36. The molecule has 0 radical (unpaired) electrons. The molecule has 0 N–H and O–H groups in total. The maximum atomic E-state index is 5.92. The van der Waals surface area contributed by atoms with E-state index >= 15 is 0 Å². The number of para-hydroxylation sites is 1. The molecule has 0 atom stereocenters. The topological polar surface area (TPSA) is 9.23 Å². The first-order valence-corrected chi connectivity index (χ1v) is 7.26.